The molecule has 25 heavy (non-hydrogen) atoms. The molecule has 1 aliphatic heterocycles. The molecule has 1 aromatic carbocycles. The Morgan fingerprint density at radius 1 is 1.32 bits per heavy atom. The lowest BCUT2D eigenvalue weighted by molar-refractivity contribution is -0.122. The van der Waals surface area contributed by atoms with Gasteiger partial charge in [0.1, 0.15) is 5.25 Å². The Bertz CT molecular complexity index is 723. The lowest BCUT2D eigenvalue weighted by atomic mass is 9.91. The van der Waals surface area contributed by atoms with E-state index in [2.05, 4.69) is 20.8 Å². The molecule has 0 aromatic heterocycles. The maximum atomic E-state index is 12.1. The van der Waals surface area contributed by atoms with E-state index in [9.17, 15) is 9.59 Å². The van der Waals surface area contributed by atoms with Crippen molar-refractivity contribution >= 4 is 51.7 Å². The van der Waals surface area contributed by atoms with Crippen molar-refractivity contribution in [2.75, 3.05) is 5.32 Å². The molecule has 8 heteroatoms. The van der Waals surface area contributed by atoms with Gasteiger partial charge in [-0.05, 0) is 31.2 Å². The van der Waals surface area contributed by atoms with Crippen molar-refractivity contribution in [2.45, 2.75) is 39.4 Å². The fourth-order valence-electron chi connectivity index (χ4n) is 1.77. The van der Waals surface area contributed by atoms with Crippen molar-refractivity contribution in [1.82, 2.24) is 5.32 Å². The Kier molecular flexibility index (Phi) is 6.24. The molecule has 1 fully saturated rings. The van der Waals surface area contributed by atoms with Gasteiger partial charge in [-0.3, -0.25) is 9.59 Å². The molecule has 1 heterocycles. The van der Waals surface area contributed by atoms with E-state index in [4.69, 9.17) is 11.6 Å². The summed E-state index contributed by atoms with van der Waals surface area (Å²) in [5, 5.41) is 14.1. The Morgan fingerprint density at radius 3 is 2.56 bits per heavy atom. The molecular weight excluding hydrogens is 360 g/mol. The molecule has 1 saturated heterocycles. The summed E-state index contributed by atoms with van der Waals surface area (Å²) in [6.45, 7) is 8.01. The van der Waals surface area contributed by atoms with Gasteiger partial charge < -0.3 is 10.6 Å². The van der Waals surface area contributed by atoms with Crippen LogP contribution in [-0.2, 0) is 9.59 Å². The molecule has 1 unspecified atom stereocenters. The first-order chi connectivity index (χ1) is 11.6. The molecule has 0 saturated carbocycles. The highest BCUT2D eigenvalue weighted by Gasteiger charge is 2.32. The Morgan fingerprint density at radius 2 is 1.96 bits per heavy atom. The minimum absolute atomic E-state index is 0.0557. The standard InChI is InChI=1S/C17H21ClN4O2S/c1-10(17(2,3)4)21-22-16-20-15(24)13(25-16)9-14(23)19-12-7-5-11(18)6-8-12/h5-8,13H,9H2,1-4H3,(H,19,23)(H,20,22,24)/b21-10+. The number of nitrogens with one attached hydrogen (secondary N) is 2. The number of thioether (sulfide) groups is 1. The second-order valence-electron chi connectivity index (χ2n) is 6.70. The third-order valence-corrected chi connectivity index (χ3v) is 4.98. The van der Waals surface area contributed by atoms with Crippen molar-refractivity contribution in [3.05, 3.63) is 29.3 Å². The second-order valence-corrected chi connectivity index (χ2v) is 8.32. The van der Waals surface area contributed by atoms with Gasteiger partial charge in [-0.15, -0.1) is 5.10 Å². The minimum Gasteiger partial charge on any atom is -0.326 e. The number of amidine groups is 1. The van der Waals surface area contributed by atoms with Crippen LogP contribution in [-0.4, -0.2) is 27.9 Å². The Balaban J connectivity index is 1.94. The average Bonchev–Trinajstić information content (AvgIpc) is 2.86. The molecule has 2 rings (SSSR count). The molecule has 134 valence electrons. The van der Waals surface area contributed by atoms with E-state index in [1.54, 1.807) is 24.3 Å². The third-order valence-electron chi connectivity index (χ3n) is 3.65. The van der Waals surface area contributed by atoms with Crippen LogP contribution in [0, 0.1) is 5.41 Å². The largest absolute Gasteiger partial charge is 0.326 e. The topological polar surface area (TPSA) is 82.9 Å². The van der Waals surface area contributed by atoms with Crippen molar-refractivity contribution < 1.29 is 9.59 Å². The van der Waals surface area contributed by atoms with Crippen LogP contribution < -0.4 is 10.6 Å². The number of carbonyl (C=O) groups excluding carboxylic acids is 2. The Hall–Kier alpha value is -1.86. The molecular formula is C17H21ClN4O2S. The number of hydrogen-bond acceptors (Lipinski definition) is 5. The molecule has 6 nitrogen and oxygen atoms in total. The van der Waals surface area contributed by atoms with Crippen LogP contribution in [0.15, 0.2) is 34.5 Å². The van der Waals surface area contributed by atoms with E-state index in [-0.39, 0.29) is 23.7 Å². The number of halogens is 1. The minimum atomic E-state index is -0.517. The molecule has 1 atom stereocenters. The average molecular weight is 381 g/mol. The van der Waals surface area contributed by atoms with Crippen LogP contribution >= 0.6 is 23.4 Å². The number of hydrogen-bond donors (Lipinski definition) is 2. The zero-order valence-corrected chi connectivity index (χ0v) is 16.2. The second kappa shape index (κ2) is 8.01. The fraction of sp³-hybridized carbons (Fsp3) is 0.412. The summed E-state index contributed by atoms with van der Waals surface area (Å²) in [5.41, 5.74) is 1.41. The highest BCUT2D eigenvalue weighted by Crippen LogP contribution is 2.24. The maximum Gasteiger partial charge on any atom is 0.240 e. The number of carbonyl (C=O) groups is 2. The summed E-state index contributed by atoms with van der Waals surface area (Å²) in [6.07, 6.45) is 0.0557. The van der Waals surface area contributed by atoms with E-state index < -0.39 is 5.25 Å². The summed E-state index contributed by atoms with van der Waals surface area (Å²) < 4.78 is 0. The number of benzene rings is 1. The lowest BCUT2D eigenvalue weighted by Gasteiger charge is -2.16. The van der Waals surface area contributed by atoms with Crippen LogP contribution in [0.1, 0.15) is 34.1 Å². The quantitative estimate of drug-likeness (QED) is 0.617. The van der Waals surface area contributed by atoms with Gasteiger partial charge in [-0.1, -0.05) is 44.1 Å². The summed E-state index contributed by atoms with van der Waals surface area (Å²) in [6, 6.07) is 6.79. The van der Waals surface area contributed by atoms with E-state index in [1.165, 1.54) is 11.8 Å². The molecule has 2 N–H and O–H groups in total. The molecule has 0 spiro atoms. The van der Waals surface area contributed by atoms with Crippen LogP contribution in [0.3, 0.4) is 0 Å². The summed E-state index contributed by atoms with van der Waals surface area (Å²) in [5.74, 6) is -0.482. The first kappa shape index (κ1) is 19.5. The number of rotatable bonds is 4. The van der Waals surface area contributed by atoms with Crippen molar-refractivity contribution in [1.29, 1.82) is 0 Å². The fourth-order valence-corrected chi connectivity index (χ4v) is 2.81. The number of anilines is 1. The normalized spacial score (nSPS) is 19.9. The molecule has 0 aliphatic carbocycles. The van der Waals surface area contributed by atoms with Gasteiger partial charge in [0.25, 0.3) is 0 Å². The van der Waals surface area contributed by atoms with Gasteiger partial charge in [0, 0.05) is 28.3 Å². The number of nitrogens with zero attached hydrogens (tertiary/aromatic N) is 2. The third kappa shape index (κ3) is 5.86. The summed E-state index contributed by atoms with van der Waals surface area (Å²) in [4.78, 5) is 24.1. The molecule has 1 aromatic rings. The van der Waals surface area contributed by atoms with E-state index >= 15 is 0 Å². The SMILES string of the molecule is C/C(=N\N=C1\NC(=O)C(CC(=O)Nc2ccc(Cl)cc2)S1)C(C)(C)C. The summed E-state index contributed by atoms with van der Waals surface area (Å²) in [7, 11) is 0. The maximum absolute atomic E-state index is 12.1. The highest BCUT2D eigenvalue weighted by atomic mass is 35.5. The van der Waals surface area contributed by atoms with Crippen LogP contribution in [0.2, 0.25) is 5.02 Å². The zero-order valence-electron chi connectivity index (χ0n) is 14.6. The monoisotopic (exact) mass is 380 g/mol. The molecule has 0 radical (unpaired) electrons. The smallest absolute Gasteiger partial charge is 0.240 e. The molecule has 0 bridgehead atoms. The van der Waals surface area contributed by atoms with E-state index in [0.29, 0.717) is 15.9 Å². The van der Waals surface area contributed by atoms with Gasteiger partial charge >= 0.3 is 0 Å². The highest BCUT2D eigenvalue weighted by molar-refractivity contribution is 8.15. The van der Waals surface area contributed by atoms with E-state index in [1.807, 2.05) is 27.7 Å². The predicted octanol–water partition coefficient (Wildman–Crippen LogP) is 3.68. The van der Waals surface area contributed by atoms with E-state index in [0.717, 1.165) is 5.71 Å². The van der Waals surface area contributed by atoms with Crippen LogP contribution in [0.25, 0.3) is 0 Å². The lowest BCUT2D eigenvalue weighted by Crippen LogP contribution is -2.28. The van der Waals surface area contributed by atoms with Gasteiger partial charge in [0.15, 0.2) is 5.17 Å². The molecule has 1 aliphatic rings. The van der Waals surface area contributed by atoms with Crippen LogP contribution in [0.4, 0.5) is 5.69 Å². The van der Waals surface area contributed by atoms with Crippen molar-refractivity contribution in [2.24, 2.45) is 15.6 Å². The predicted molar refractivity (Wildman–Crippen MR) is 104 cm³/mol. The van der Waals surface area contributed by atoms with Gasteiger partial charge in [-0.25, -0.2) is 0 Å². The van der Waals surface area contributed by atoms with Gasteiger partial charge in [0.05, 0.1) is 0 Å². The van der Waals surface area contributed by atoms with Gasteiger partial charge in [-0.2, -0.15) is 5.10 Å². The first-order valence-corrected chi connectivity index (χ1v) is 9.06. The zero-order chi connectivity index (χ0) is 18.6. The van der Waals surface area contributed by atoms with Crippen molar-refractivity contribution in [3.63, 3.8) is 0 Å². The summed E-state index contributed by atoms with van der Waals surface area (Å²) >= 11 is 7.02. The number of amides is 2. The van der Waals surface area contributed by atoms with Crippen LogP contribution in [0.5, 0.6) is 0 Å². The van der Waals surface area contributed by atoms with Crippen molar-refractivity contribution in [3.8, 4) is 0 Å². The Labute approximate surface area is 156 Å². The first-order valence-electron chi connectivity index (χ1n) is 7.81. The van der Waals surface area contributed by atoms with Gasteiger partial charge in [0.2, 0.25) is 11.8 Å². The molecule has 2 amide bonds.